The van der Waals surface area contributed by atoms with E-state index in [1.165, 1.54) is 0 Å². The van der Waals surface area contributed by atoms with E-state index >= 15 is 0 Å². The molecule has 0 radical (unpaired) electrons. The zero-order valence-corrected chi connectivity index (χ0v) is 11.5. The van der Waals surface area contributed by atoms with E-state index in [0.717, 1.165) is 30.3 Å². The Morgan fingerprint density at radius 3 is 1.95 bits per heavy atom. The molecule has 8 nitrogen and oxygen atoms in total. The maximum absolute atomic E-state index is 12.3. The molecule has 1 aromatic heterocycles. The van der Waals surface area contributed by atoms with E-state index in [0.29, 0.717) is 6.29 Å². The van der Waals surface area contributed by atoms with Gasteiger partial charge in [0, 0.05) is 0 Å². The second-order valence-electron chi connectivity index (χ2n) is 4.13. The first kappa shape index (κ1) is 15.4. The number of carbonyl (C=O) groups excluding carboxylic acids is 1. The summed E-state index contributed by atoms with van der Waals surface area (Å²) in [6.45, 7) is 0. The van der Waals surface area contributed by atoms with Crippen LogP contribution in [0.5, 0.6) is 0 Å². The average Bonchev–Trinajstić information content (AvgIpc) is 2.96. The first-order valence-electron chi connectivity index (χ1n) is 5.67. The molecule has 1 aromatic carbocycles. The molecule has 2 rings (SSSR count). The summed E-state index contributed by atoms with van der Waals surface area (Å²) in [6.07, 6.45) is 0.301. The van der Waals surface area contributed by atoms with Gasteiger partial charge in [0.1, 0.15) is 0 Å². The van der Waals surface area contributed by atoms with Crippen molar-refractivity contribution in [2.75, 3.05) is 0 Å². The molecule has 0 amide bonds. The quantitative estimate of drug-likeness (QED) is 0.785. The number of furan rings is 1. The van der Waals surface area contributed by atoms with Gasteiger partial charge in [-0.1, -0.05) is 0 Å². The summed E-state index contributed by atoms with van der Waals surface area (Å²) in [7, 11) is -4.29. The second kappa shape index (κ2) is 5.45. The largest absolute Gasteiger partial charge is 0.478 e. The molecule has 114 valence electrons. The van der Waals surface area contributed by atoms with Gasteiger partial charge in [-0.25, -0.2) is 18.0 Å². The Morgan fingerprint density at radius 2 is 1.55 bits per heavy atom. The molecule has 0 aliphatic heterocycles. The monoisotopic (exact) mass is 324 g/mol. The van der Waals surface area contributed by atoms with Crippen molar-refractivity contribution in [3.63, 3.8) is 0 Å². The number of carbonyl (C=O) groups is 3. The standard InChI is InChI=1S/C13H8O8S/c14-6-9-1-2-11(21-9)22(19,20)10-4-7(12(15)16)3-8(5-10)13(17)18/h1-6H,(H,15,16)(H,17,18). The number of rotatable bonds is 5. The van der Waals surface area contributed by atoms with Crippen LogP contribution in [0, 0.1) is 0 Å². The third-order valence-corrected chi connectivity index (χ3v) is 4.30. The van der Waals surface area contributed by atoms with Crippen molar-refractivity contribution >= 4 is 28.1 Å². The maximum atomic E-state index is 12.3. The molecule has 22 heavy (non-hydrogen) atoms. The molecule has 0 spiro atoms. The molecule has 0 bridgehead atoms. The van der Waals surface area contributed by atoms with Gasteiger partial charge in [0.25, 0.3) is 0 Å². The minimum absolute atomic E-state index is 0.230. The molecular weight excluding hydrogens is 316 g/mol. The number of carboxylic acid groups (broad SMARTS) is 2. The topological polar surface area (TPSA) is 139 Å². The second-order valence-corrected chi connectivity index (χ2v) is 6.02. The Bertz CT molecular complexity index is 843. The molecule has 0 saturated heterocycles. The van der Waals surface area contributed by atoms with Crippen molar-refractivity contribution in [1.29, 1.82) is 0 Å². The predicted octanol–water partition coefficient (Wildman–Crippen LogP) is 1.32. The molecule has 0 unspecified atom stereocenters. The molecule has 0 saturated carbocycles. The molecule has 0 atom stereocenters. The number of hydrogen-bond donors (Lipinski definition) is 2. The SMILES string of the molecule is O=Cc1ccc(S(=O)(=O)c2cc(C(=O)O)cc(C(=O)O)c2)o1. The summed E-state index contributed by atoms with van der Waals surface area (Å²) in [5.74, 6) is -3.19. The summed E-state index contributed by atoms with van der Waals surface area (Å²) in [5.41, 5.74) is -0.999. The van der Waals surface area contributed by atoms with E-state index in [9.17, 15) is 22.8 Å². The fraction of sp³-hybridized carbons (Fsp3) is 0. The van der Waals surface area contributed by atoms with E-state index in [-0.39, 0.29) is 5.76 Å². The Labute approximate surface area is 123 Å². The highest BCUT2D eigenvalue weighted by atomic mass is 32.2. The van der Waals surface area contributed by atoms with Crippen molar-refractivity contribution < 1.29 is 37.4 Å². The normalized spacial score (nSPS) is 11.1. The fourth-order valence-electron chi connectivity index (χ4n) is 1.66. The third-order valence-electron chi connectivity index (χ3n) is 2.69. The lowest BCUT2D eigenvalue weighted by Gasteiger charge is -2.05. The molecular formula is C13H8O8S. The van der Waals surface area contributed by atoms with Crippen LogP contribution in [-0.4, -0.2) is 36.9 Å². The van der Waals surface area contributed by atoms with E-state index in [2.05, 4.69) is 0 Å². The highest BCUT2D eigenvalue weighted by Gasteiger charge is 2.25. The number of aldehydes is 1. The summed E-state index contributed by atoms with van der Waals surface area (Å²) < 4.78 is 29.4. The number of hydrogen-bond acceptors (Lipinski definition) is 6. The average molecular weight is 324 g/mol. The minimum atomic E-state index is -4.29. The first-order valence-corrected chi connectivity index (χ1v) is 7.16. The predicted molar refractivity (Wildman–Crippen MR) is 69.9 cm³/mol. The highest BCUT2D eigenvalue weighted by molar-refractivity contribution is 7.91. The van der Waals surface area contributed by atoms with Crippen molar-refractivity contribution in [3.8, 4) is 0 Å². The summed E-state index contributed by atoms with van der Waals surface area (Å²) >= 11 is 0. The Morgan fingerprint density at radius 1 is 1.00 bits per heavy atom. The van der Waals surface area contributed by atoms with E-state index < -0.39 is 42.9 Å². The van der Waals surface area contributed by atoms with Gasteiger partial charge in [-0.15, -0.1) is 0 Å². The number of benzene rings is 1. The first-order chi connectivity index (χ1) is 10.3. The third kappa shape index (κ3) is 2.74. The van der Waals surface area contributed by atoms with Gasteiger partial charge >= 0.3 is 11.9 Å². The van der Waals surface area contributed by atoms with Crippen LogP contribution in [-0.2, 0) is 9.84 Å². The molecule has 0 aliphatic carbocycles. The zero-order valence-electron chi connectivity index (χ0n) is 10.7. The smallest absolute Gasteiger partial charge is 0.335 e. The molecule has 0 fully saturated rings. The Hall–Kier alpha value is -2.94. The molecule has 9 heteroatoms. The lowest BCUT2D eigenvalue weighted by atomic mass is 10.1. The zero-order chi connectivity index (χ0) is 16.5. The van der Waals surface area contributed by atoms with Gasteiger partial charge in [-0.2, -0.15) is 0 Å². The summed E-state index contributed by atoms with van der Waals surface area (Å²) in [6, 6.07) is 4.61. The number of sulfone groups is 1. The van der Waals surface area contributed by atoms with Crippen LogP contribution >= 0.6 is 0 Å². The van der Waals surface area contributed by atoms with Crippen LogP contribution in [0.25, 0.3) is 0 Å². The van der Waals surface area contributed by atoms with E-state index in [4.69, 9.17) is 14.6 Å². The highest BCUT2D eigenvalue weighted by Crippen LogP contribution is 2.24. The number of carboxylic acids is 2. The Balaban J connectivity index is 2.66. The van der Waals surface area contributed by atoms with Crippen LogP contribution in [0.2, 0.25) is 0 Å². The van der Waals surface area contributed by atoms with Crippen molar-refractivity contribution in [2.45, 2.75) is 9.99 Å². The summed E-state index contributed by atoms with van der Waals surface area (Å²) in [5, 5.41) is 17.3. The van der Waals surface area contributed by atoms with Crippen LogP contribution < -0.4 is 0 Å². The van der Waals surface area contributed by atoms with Crippen molar-refractivity contribution in [3.05, 3.63) is 47.2 Å². The lowest BCUT2D eigenvalue weighted by molar-refractivity contribution is 0.0696. The van der Waals surface area contributed by atoms with Gasteiger partial charge < -0.3 is 14.6 Å². The van der Waals surface area contributed by atoms with E-state index in [1.54, 1.807) is 0 Å². The van der Waals surface area contributed by atoms with Gasteiger partial charge in [0.05, 0.1) is 16.0 Å². The van der Waals surface area contributed by atoms with Crippen molar-refractivity contribution in [2.24, 2.45) is 0 Å². The van der Waals surface area contributed by atoms with E-state index in [1.807, 2.05) is 0 Å². The molecule has 1 heterocycles. The van der Waals surface area contributed by atoms with Gasteiger partial charge in [-0.3, -0.25) is 4.79 Å². The lowest BCUT2D eigenvalue weighted by Crippen LogP contribution is -2.08. The van der Waals surface area contributed by atoms with Crippen molar-refractivity contribution in [1.82, 2.24) is 0 Å². The van der Waals surface area contributed by atoms with Crippen LogP contribution in [0.3, 0.4) is 0 Å². The van der Waals surface area contributed by atoms with Crippen LogP contribution in [0.4, 0.5) is 0 Å². The van der Waals surface area contributed by atoms with Gasteiger partial charge in [-0.05, 0) is 30.3 Å². The van der Waals surface area contributed by atoms with Crippen LogP contribution in [0.15, 0.2) is 44.7 Å². The molecule has 2 N–H and O–H groups in total. The van der Waals surface area contributed by atoms with Crippen LogP contribution in [0.1, 0.15) is 31.3 Å². The fourth-order valence-corrected chi connectivity index (χ4v) is 2.91. The minimum Gasteiger partial charge on any atom is -0.478 e. The summed E-state index contributed by atoms with van der Waals surface area (Å²) in [4.78, 5) is 31.9. The molecule has 0 aliphatic rings. The molecule has 2 aromatic rings. The maximum Gasteiger partial charge on any atom is 0.335 e. The van der Waals surface area contributed by atoms with Gasteiger partial charge in [0.15, 0.2) is 12.0 Å². The van der Waals surface area contributed by atoms with Gasteiger partial charge in [0.2, 0.25) is 14.9 Å². The Kier molecular flexibility index (Phi) is 3.83. The number of aromatic carboxylic acids is 2.